The molecule has 1 fully saturated rings. The molecule has 1 heterocycles. The minimum atomic E-state index is -0.576. The van der Waals surface area contributed by atoms with Gasteiger partial charge >= 0.3 is 0 Å². The quantitative estimate of drug-likeness (QED) is 0.810. The lowest BCUT2D eigenvalue weighted by Gasteiger charge is -2.33. The zero-order valence-electron chi connectivity index (χ0n) is 12.1. The largest absolute Gasteiger partial charge is 0.496 e. The first-order chi connectivity index (χ1) is 9.63. The summed E-state index contributed by atoms with van der Waals surface area (Å²) in [5.41, 5.74) is 1.93. The summed E-state index contributed by atoms with van der Waals surface area (Å²) in [6, 6.07) is 5.82. The molecule has 1 aliphatic rings. The van der Waals surface area contributed by atoms with Gasteiger partial charge in [-0.2, -0.15) is 0 Å². The van der Waals surface area contributed by atoms with Crippen molar-refractivity contribution in [1.82, 2.24) is 9.80 Å². The third kappa shape index (κ3) is 3.49. The molecule has 0 spiro atoms. The number of ether oxygens (including phenoxy) is 1. The molecule has 1 amide bonds. The van der Waals surface area contributed by atoms with Crippen molar-refractivity contribution in [3.63, 3.8) is 0 Å². The van der Waals surface area contributed by atoms with E-state index < -0.39 is 6.10 Å². The lowest BCUT2D eigenvalue weighted by atomic mass is 10.0. The Morgan fingerprint density at radius 3 is 2.65 bits per heavy atom. The Balaban J connectivity index is 2.00. The molecule has 110 valence electrons. The number of rotatable bonds is 5. The highest BCUT2D eigenvalue weighted by atomic mass is 16.5. The zero-order valence-corrected chi connectivity index (χ0v) is 12.1. The Morgan fingerprint density at radius 1 is 1.35 bits per heavy atom. The molecule has 1 unspecified atom stereocenters. The number of nitrogens with zero attached hydrogens (tertiary/aromatic N) is 2. The van der Waals surface area contributed by atoms with Crippen LogP contribution in [0.5, 0.6) is 5.75 Å². The minimum absolute atomic E-state index is 0.562. The van der Waals surface area contributed by atoms with Crippen LogP contribution < -0.4 is 4.74 Å². The molecule has 0 saturated carbocycles. The van der Waals surface area contributed by atoms with Crippen molar-refractivity contribution in [2.45, 2.75) is 13.0 Å². The lowest BCUT2D eigenvalue weighted by Crippen LogP contribution is -2.46. The van der Waals surface area contributed by atoms with Gasteiger partial charge in [-0.15, -0.1) is 0 Å². The first-order valence-electron chi connectivity index (χ1n) is 6.88. The third-order valence-electron chi connectivity index (χ3n) is 3.73. The summed E-state index contributed by atoms with van der Waals surface area (Å²) in [4.78, 5) is 14.6. The SMILES string of the molecule is COc1ccc(C)cc1C(O)CN1CCN(C=O)CC1. The van der Waals surface area contributed by atoms with E-state index in [9.17, 15) is 9.90 Å². The lowest BCUT2D eigenvalue weighted by molar-refractivity contribution is -0.119. The van der Waals surface area contributed by atoms with E-state index >= 15 is 0 Å². The average Bonchev–Trinajstić information content (AvgIpc) is 2.48. The van der Waals surface area contributed by atoms with E-state index in [-0.39, 0.29) is 0 Å². The summed E-state index contributed by atoms with van der Waals surface area (Å²) < 4.78 is 5.31. The van der Waals surface area contributed by atoms with Crippen molar-refractivity contribution in [2.75, 3.05) is 39.8 Å². The van der Waals surface area contributed by atoms with Crippen LogP contribution in [0.2, 0.25) is 0 Å². The van der Waals surface area contributed by atoms with Crippen LogP contribution in [0.15, 0.2) is 18.2 Å². The number of amides is 1. The molecular formula is C15H22N2O3. The Morgan fingerprint density at radius 2 is 2.05 bits per heavy atom. The maximum Gasteiger partial charge on any atom is 0.209 e. The van der Waals surface area contributed by atoms with Gasteiger partial charge in [-0.1, -0.05) is 11.6 Å². The fourth-order valence-corrected chi connectivity index (χ4v) is 2.51. The number of methoxy groups -OCH3 is 1. The van der Waals surface area contributed by atoms with Crippen LogP contribution in [0.25, 0.3) is 0 Å². The van der Waals surface area contributed by atoms with E-state index in [1.165, 1.54) is 0 Å². The molecule has 0 aliphatic carbocycles. The van der Waals surface area contributed by atoms with Gasteiger partial charge in [0.15, 0.2) is 0 Å². The average molecular weight is 278 g/mol. The predicted octanol–water partition coefficient (Wildman–Crippen LogP) is 0.811. The number of piperazine rings is 1. The molecule has 0 bridgehead atoms. The molecule has 5 heteroatoms. The number of carbonyl (C=O) groups is 1. The van der Waals surface area contributed by atoms with Crippen LogP contribution in [0.3, 0.4) is 0 Å². The van der Waals surface area contributed by atoms with Gasteiger partial charge in [0, 0.05) is 38.3 Å². The van der Waals surface area contributed by atoms with Gasteiger partial charge < -0.3 is 14.7 Å². The van der Waals surface area contributed by atoms with Crippen molar-refractivity contribution >= 4 is 6.41 Å². The first kappa shape index (κ1) is 14.8. The monoisotopic (exact) mass is 278 g/mol. The molecule has 0 radical (unpaired) electrons. The molecule has 1 aromatic carbocycles. The first-order valence-corrected chi connectivity index (χ1v) is 6.88. The highest BCUT2D eigenvalue weighted by molar-refractivity contribution is 5.47. The van der Waals surface area contributed by atoms with Crippen molar-refractivity contribution in [2.24, 2.45) is 0 Å². The Hall–Kier alpha value is -1.59. The molecular weight excluding hydrogens is 256 g/mol. The second kappa shape index (κ2) is 6.72. The van der Waals surface area contributed by atoms with Crippen molar-refractivity contribution < 1.29 is 14.6 Å². The van der Waals surface area contributed by atoms with Crippen molar-refractivity contribution in [1.29, 1.82) is 0 Å². The normalized spacial score (nSPS) is 17.9. The summed E-state index contributed by atoms with van der Waals surface area (Å²) in [7, 11) is 1.61. The van der Waals surface area contributed by atoms with Crippen molar-refractivity contribution in [3.8, 4) is 5.75 Å². The van der Waals surface area contributed by atoms with Gasteiger partial charge in [-0.3, -0.25) is 9.69 Å². The fraction of sp³-hybridized carbons (Fsp3) is 0.533. The molecule has 2 rings (SSSR count). The molecule has 20 heavy (non-hydrogen) atoms. The Labute approximate surface area is 119 Å². The zero-order chi connectivity index (χ0) is 14.5. The topological polar surface area (TPSA) is 53.0 Å². The minimum Gasteiger partial charge on any atom is -0.496 e. The molecule has 1 aliphatic heterocycles. The van der Waals surface area contributed by atoms with E-state index in [1.807, 2.05) is 25.1 Å². The summed E-state index contributed by atoms with van der Waals surface area (Å²) in [6.07, 6.45) is 0.310. The highest BCUT2D eigenvalue weighted by Crippen LogP contribution is 2.27. The van der Waals surface area contributed by atoms with Gasteiger partial charge in [0.25, 0.3) is 0 Å². The van der Waals surface area contributed by atoms with Crippen LogP contribution in [-0.4, -0.2) is 61.2 Å². The fourth-order valence-electron chi connectivity index (χ4n) is 2.51. The van der Waals surface area contributed by atoms with E-state index in [4.69, 9.17) is 4.74 Å². The highest BCUT2D eigenvalue weighted by Gasteiger charge is 2.21. The van der Waals surface area contributed by atoms with Crippen LogP contribution in [0.4, 0.5) is 0 Å². The Bertz CT molecular complexity index is 456. The number of hydrogen-bond acceptors (Lipinski definition) is 4. The van der Waals surface area contributed by atoms with E-state index in [0.717, 1.165) is 49.5 Å². The van der Waals surface area contributed by atoms with Crippen LogP contribution >= 0.6 is 0 Å². The van der Waals surface area contributed by atoms with Gasteiger partial charge in [-0.25, -0.2) is 0 Å². The molecule has 5 nitrogen and oxygen atoms in total. The van der Waals surface area contributed by atoms with Gasteiger partial charge in [0.1, 0.15) is 5.75 Å². The molecule has 1 saturated heterocycles. The summed E-state index contributed by atoms with van der Waals surface area (Å²) >= 11 is 0. The number of benzene rings is 1. The maximum atomic E-state index is 10.7. The van der Waals surface area contributed by atoms with Crippen LogP contribution in [-0.2, 0) is 4.79 Å². The molecule has 1 N–H and O–H groups in total. The van der Waals surface area contributed by atoms with Crippen LogP contribution in [0.1, 0.15) is 17.2 Å². The number of aliphatic hydroxyl groups excluding tert-OH is 1. The second-order valence-corrected chi connectivity index (χ2v) is 5.20. The predicted molar refractivity (Wildman–Crippen MR) is 76.8 cm³/mol. The summed E-state index contributed by atoms with van der Waals surface area (Å²) in [6.45, 7) is 5.60. The smallest absolute Gasteiger partial charge is 0.209 e. The molecule has 0 aromatic heterocycles. The number of aliphatic hydroxyl groups is 1. The standard InChI is InChI=1S/C15H22N2O3/c1-12-3-4-15(20-2)13(9-12)14(19)10-16-5-7-17(11-18)8-6-16/h3-4,9,11,14,19H,5-8,10H2,1-2H3. The maximum absolute atomic E-state index is 10.7. The number of β-amino-alcohol motifs (C(OH)–C–C–N with tert-alkyl or cyclic N) is 1. The summed E-state index contributed by atoms with van der Waals surface area (Å²) in [5, 5.41) is 10.4. The van der Waals surface area contributed by atoms with Crippen molar-refractivity contribution in [3.05, 3.63) is 29.3 Å². The van der Waals surface area contributed by atoms with Crippen LogP contribution in [0, 0.1) is 6.92 Å². The van der Waals surface area contributed by atoms with E-state index in [1.54, 1.807) is 12.0 Å². The van der Waals surface area contributed by atoms with Gasteiger partial charge in [0.2, 0.25) is 6.41 Å². The Kier molecular flexibility index (Phi) is 4.98. The summed E-state index contributed by atoms with van der Waals surface area (Å²) in [5.74, 6) is 0.717. The van der Waals surface area contributed by atoms with E-state index in [0.29, 0.717) is 6.54 Å². The number of carbonyl (C=O) groups excluding carboxylic acids is 1. The van der Waals surface area contributed by atoms with E-state index in [2.05, 4.69) is 4.90 Å². The number of hydrogen-bond donors (Lipinski definition) is 1. The second-order valence-electron chi connectivity index (χ2n) is 5.20. The van der Waals surface area contributed by atoms with Gasteiger partial charge in [-0.05, 0) is 19.1 Å². The number of aryl methyl sites for hydroxylation is 1. The molecule has 1 atom stereocenters. The third-order valence-corrected chi connectivity index (χ3v) is 3.73. The van der Waals surface area contributed by atoms with Gasteiger partial charge in [0.05, 0.1) is 13.2 Å². The molecule has 1 aromatic rings.